The number of methoxy groups -OCH3 is 2. The van der Waals surface area contributed by atoms with Gasteiger partial charge in [-0.2, -0.15) is 0 Å². The maximum atomic E-state index is 5.64. The zero-order valence-corrected chi connectivity index (χ0v) is 19.8. The SMILES string of the molecule is CN=C(NCC(OC)C(C)(C)C)N1CCN(c2ccc(OC)cc2)CC1.I. The summed E-state index contributed by atoms with van der Waals surface area (Å²) in [6.45, 7) is 11.2. The number of nitrogens with one attached hydrogen (secondary N) is 1. The van der Waals surface area contributed by atoms with Crippen molar-refractivity contribution >= 4 is 35.6 Å². The molecule has 154 valence electrons. The van der Waals surface area contributed by atoms with Crippen molar-refractivity contribution in [3.8, 4) is 5.75 Å². The molecule has 1 aromatic rings. The fourth-order valence-electron chi connectivity index (χ4n) is 3.23. The van der Waals surface area contributed by atoms with Gasteiger partial charge >= 0.3 is 0 Å². The zero-order chi connectivity index (χ0) is 19.2. The summed E-state index contributed by atoms with van der Waals surface area (Å²) < 4.78 is 10.9. The Morgan fingerprint density at radius 3 is 2.15 bits per heavy atom. The van der Waals surface area contributed by atoms with Gasteiger partial charge in [0, 0.05) is 52.6 Å². The van der Waals surface area contributed by atoms with Crippen LogP contribution in [0.3, 0.4) is 0 Å². The number of hydrogen-bond acceptors (Lipinski definition) is 4. The molecule has 1 aliphatic heterocycles. The second kappa shape index (κ2) is 10.9. The van der Waals surface area contributed by atoms with E-state index in [2.05, 4.69) is 53.0 Å². The third-order valence-electron chi connectivity index (χ3n) is 4.92. The van der Waals surface area contributed by atoms with Gasteiger partial charge < -0.3 is 24.6 Å². The van der Waals surface area contributed by atoms with E-state index in [4.69, 9.17) is 9.47 Å². The highest BCUT2D eigenvalue weighted by Crippen LogP contribution is 2.22. The van der Waals surface area contributed by atoms with Gasteiger partial charge in [-0.3, -0.25) is 4.99 Å². The summed E-state index contributed by atoms with van der Waals surface area (Å²) in [5.41, 5.74) is 1.33. The first-order valence-electron chi connectivity index (χ1n) is 9.26. The number of benzene rings is 1. The van der Waals surface area contributed by atoms with Crippen LogP contribution >= 0.6 is 24.0 Å². The molecule has 0 aliphatic carbocycles. The van der Waals surface area contributed by atoms with Gasteiger partial charge in [-0.1, -0.05) is 20.8 Å². The molecule has 0 aromatic heterocycles. The van der Waals surface area contributed by atoms with Crippen LogP contribution in [0.4, 0.5) is 5.69 Å². The molecule has 0 saturated carbocycles. The second-order valence-corrected chi connectivity index (χ2v) is 7.69. The predicted molar refractivity (Wildman–Crippen MR) is 124 cm³/mol. The van der Waals surface area contributed by atoms with Crippen molar-refractivity contribution in [1.29, 1.82) is 0 Å². The highest BCUT2D eigenvalue weighted by atomic mass is 127. The molecule has 0 amide bonds. The van der Waals surface area contributed by atoms with E-state index < -0.39 is 0 Å². The Bertz CT molecular complexity index is 579. The summed E-state index contributed by atoms with van der Waals surface area (Å²) in [5, 5.41) is 3.48. The van der Waals surface area contributed by atoms with Crippen molar-refractivity contribution < 1.29 is 9.47 Å². The van der Waals surface area contributed by atoms with Crippen molar-refractivity contribution in [1.82, 2.24) is 10.2 Å². The molecular weight excluding hydrogens is 455 g/mol. The van der Waals surface area contributed by atoms with Gasteiger partial charge in [-0.25, -0.2) is 0 Å². The lowest BCUT2D eigenvalue weighted by molar-refractivity contribution is 0.0201. The molecule has 1 atom stereocenters. The van der Waals surface area contributed by atoms with Gasteiger partial charge in [0.1, 0.15) is 5.75 Å². The van der Waals surface area contributed by atoms with E-state index in [1.165, 1.54) is 5.69 Å². The van der Waals surface area contributed by atoms with E-state index in [9.17, 15) is 0 Å². The largest absolute Gasteiger partial charge is 0.497 e. The molecule has 0 bridgehead atoms. The minimum absolute atomic E-state index is 0. The summed E-state index contributed by atoms with van der Waals surface area (Å²) in [4.78, 5) is 9.18. The lowest BCUT2D eigenvalue weighted by atomic mass is 9.89. The Morgan fingerprint density at radius 1 is 1.11 bits per heavy atom. The second-order valence-electron chi connectivity index (χ2n) is 7.69. The van der Waals surface area contributed by atoms with Gasteiger partial charge in [-0.05, 0) is 29.7 Å². The topological polar surface area (TPSA) is 49.3 Å². The molecule has 1 fully saturated rings. The van der Waals surface area contributed by atoms with Gasteiger partial charge in [0.05, 0.1) is 13.2 Å². The average molecular weight is 490 g/mol. The number of guanidine groups is 1. The Hall–Kier alpha value is -1.22. The van der Waals surface area contributed by atoms with Crippen molar-refractivity contribution in [2.24, 2.45) is 10.4 Å². The molecule has 2 rings (SSSR count). The highest BCUT2D eigenvalue weighted by Gasteiger charge is 2.26. The normalized spacial score (nSPS) is 16.6. The molecule has 0 radical (unpaired) electrons. The summed E-state index contributed by atoms with van der Waals surface area (Å²) in [7, 11) is 5.31. The van der Waals surface area contributed by atoms with E-state index in [0.29, 0.717) is 0 Å². The third kappa shape index (κ3) is 6.71. The summed E-state index contributed by atoms with van der Waals surface area (Å²) in [6.07, 6.45) is 0.139. The maximum Gasteiger partial charge on any atom is 0.193 e. The number of nitrogens with zero attached hydrogens (tertiary/aromatic N) is 3. The number of hydrogen-bond donors (Lipinski definition) is 1. The minimum Gasteiger partial charge on any atom is -0.497 e. The van der Waals surface area contributed by atoms with Gasteiger partial charge in [0.15, 0.2) is 5.96 Å². The average Bonchev–Trinajstić information content (AvgIpc) is 2.65. The van der Waals surface area contributed by atoms with E-state index in [-0.39, 0.29) is 35.5 Å². The standard InChI is InChI=1S/C20H34N4O2.HI/c1-20(2,3)18(26-6)15-22-19(21-4)24-13-11-23(12-14-24)16-7-9-17(25-5)10-8-16;/h7-10,18H,11-15H2,1-6H3,(H,21,22);1H. The summed E-state index contributed by atoms with van der Waals surface area (Å²) in [6, 6.07) is 8.27. The zero-order valence-electron chi connectivity index (χ0n) is 17.5. The smallest absolute Gasteiger partial charge is 0.193 e. The van der Waals surface area contributed by atoms with Crippen LogP contribution in [0.2, 0.25) is 0 Å². The molecule has 1 aromatic carbocycles. The van der Waals surface area contributed by atoms with E-state index in [0.717, 1.165) is 44.4 Å². The molecule has 7 heteroatoms. The quantitative estimate of drug-likeness (QED) is 0.391. The monoisotopic (exact) mass is 490 g/mol. The Labute approximate surface area is 181 Å². The Morgan fingerprint density at radius 2 is 1.70 bits per heavy atom. The molecule has 0 spiro atoms. The number of rotatable bonds is 5. The summed E-state index contributed by atoms with van der Waals surface area (Å²) >= 11 is 0. The molecule has 1 saturated heterocycles. The van der Waals surface area contributed by atoms with Gasteiger partial charge in [0.25, 0.3) is 0 Å². The van der Waals surface area contributed by atoms with Crippen LogP contribution in [0.1, 0.15) is 20.8 Å². The number of ether oxygens (including phenoxy) is 2. The van der Waals surface area contributed by atoms with E-state index in [1.807, 2.05) is 19.2 Å². The van der Waals surface area contributed by atoms with Crippen LogP contribution in [0, 0.1) is 5.41 Å². The first kappa shape index (κ1) is 23.8. The van der Waals surface area contributed by atoms with Crippen molar-refractivity contribution in [3.05, 3.63) is 24.3 Å². The van der Waals surface area contributed by atoms with Crippen LogP contribution in [-0.4, -0.2) is 71.0 Å². The van der Waals surface area contributed by atoms with Crippen LogP contribution in [-0.2, 0) is 4.74 Å². The summed E-state index contributed by atoms with van der Waals surface area (Å²) in [5.74, 6) is 1.84. The maximum absolute atomic E-state index is 5.64. The fraction of sp³-hybridized carbons (Fsp3) is 0.650. The highest BCUT2D eigenvalue weighted by molar-refractivity contribution is 14.0. The predicted octanol–water partition coefficient (Wildman–Crippen LogP) is 3.07. The molecule has 1 N–H and O–H groups in total. The molecule has 1 aliphatic rings. The minimum atomic E-state index is 0. The number of halogens is 1. The van der Waals surface area contributed by atoms with Crippen LogP contribution < -0.4 is 15.0 Å². The molecule has 1 unspecified atom stereocenters. The first-order chi connectivity index (χ1) is 12.4. The molecule has 27 heavy (non-hydrogen) atoms. The number of anilines is 1. The number of aliphatic imine (C=N–C) groups is 1. The van der Waals surface area contributed by atoms with E-state index in [1.54, 1.807) is 14.2 Å². The van der Waals surface area contributed by atoms with Crippen molar-refractivity contribution in [2.75, 3.05) is 58.9 Å². The van der Waals surface area contributed by atoms with Crippen LogP contribution in [0.5, 0.6) is 5.75 Å². The molecule has 1 heterocycles. The number of piperazine rings is 1. The van der Waals surface area contributed by atoms with Crippen molar-refractivity contribution in [2.45, 2.75) is 26.9 Å². The van der Waals surface area contributed by atoms with Gasteiger partial charge in [0.2, 0.25) is 0 Å². The Kier molecular flexibility index (Phi) is 9.66. The Balaban J connectivity index is 0.00000364. The fourth-order valence-corrected chi connectivity index (χ4v) is 3.23. The van der Waals surface area contributed by atoms with Crippen molar-refractivity contribution in [3.63, 3.8) is 0 Å². The van der Waals surface area contributed by atoms with Crippen LogP contribution in [0.25, 0.3) is 0 Å². The molecule has 6 nitrogen and oxygen atoms in total. The van der Waals surface area contributed by atoms with Crippen LogP contribution in [0.15, 0.2) is 29.3 Å². The lowest BCUT2D eigenvalue weighted by Gasteiger charge is -2.38. The first-order valence-corrected chi connectivity index (χ1v) is 9.26. The van der Waals surface area contributed by atoms with E-state index >= 15 is 0 Å². The lowest BCUT2D eigenvalue weighted by Crippen LogP contribution is -2.54. The van der Waals surface area contributed by atoms with Gasteiger partial charge in [-0.15, -0.1) is 24.0 Å². The third-order valence-corrected chi connectivity index (χ3v) is 4.92. The molecular formula is C20H35IN4O2.